The van der Waals surface area contributed by atoms with Gasteiger partial charge in [0.05, 0.1) is 11.5 Å². The molecule has 1 aromatic rings. The minimum absolute atomic E-state index is 0.00376. The van der Waals surface area contributed by atoms with Gasteiger partial charge < -0.3 is 0 Å². The maximum atomic E-state index is 11.4. The van der Waals surface area contributed by atoms with E-state index < -0.39 is 10.1 Å². The summed E-state index contributed by atoms with van der Waals surface area (Å²) in [5.74, 6) is 0. The van der Waals surface area contributed by atoms with Gasteiger partial charge in [0.15, 0.2) is 0 Å². The van der Waals surface area contributed by atoms with Crippen LogP contribution in [0.4, 0.5) is 0 Å². The summed E-state index contributed by atoms with van der Waals surface area (Å²) in [5.41, 5.74) is 1.01. The van der Waals surface area contributed by atoms with Crippen LogP contribution in [0.3, 0.4) is 0 Å². The van der Waals surface area contributed by atoms with Crippen LogP contribution in [0.5, 0.6) is 0 Å². The molecule has 0 amide bonds. The molecule has 0 radical (unpaired) electrons. The van der Waals surface area contributed by atoms with Crippen molar-refractivity contribution in [2.45, 2.75) is 11.8 Å². The number of rotatable bonds is 4. The third-order valence-corrected chi connectivity index (χ3v) is 2.95. The topological polar surface area (TPSA) is 43.4 Å². The minimum Gasteiger partial charge on any atom is -0.262 e. The van der Waals surface area contributed by atoms with Gasteiger partial charge >= 0.3 is 0 Å². The van der Waals surface area contributed by atoms with Gasteiger partial charge in [-0.25, -0.2) is 0 Å². The van der Waals surface area contributed by atoms with Crippen molar-refractivity contribution < 1.29 is 12.6 Å². The number of hydrogen-bond donors (Lipinski definition) is 0. The summed E-state index contributed by atoms with van der Waals surface area (Å²) in [5, 5.41) is 0. The fourth-order valence-electron chi connectivity index (χ4n) is 0.911. The highest BCUT2D eigenvalue weighted by molar-refractivity contribution is 7.86. The average molecular weight is 212 g/mol. The van der Waals surface area contributed by atoms with Crippen LogP contribution in [-0.4, -0.2) is 15.0 Å². The standard InChI is InChI=1S/C10H12O3S/c1-3-8-13-14(11,12)10-6-4-9(2)5-7-10/h3-7H,1,8H2,2H3. The summed E-state index contributed by atoms with van der Waals surface area (Å²) in [6.45, 7) is 5.27. The quantitative estimate of drug-likeness (QED) is 0.565. The van der Waals surface area contributed by atoms with E-state index in [0.717, 1.165) is 5.56 Å². The summed E-state index contributed by atoms with van der Waals surface area (Å²) >= 11 is 0. The van der Waals surface area contributed by atoms with Gasteiger partial charge in [0.1, 0.15) is 0 Å². The molecule has 14 heavy (non-hydrogen) atoms. The molecule has 0 aliphatic heterocycles. The number of hydrogen-bond acceptors (Lipinski definition) is 3. The van der Waals surface area contributed by atoms with Crippen molar-refractivity contribution >= 4 is 10.1 Å². The van der Waals surface area contributed by atoms with Gasteiger partial charge in [0.25, 0.3) is 10.1 Å². The fourth-order valence-corrected chi connectivity index (χ4v) is 1.79. The van der Waals surface area contributed by atoms with Crippen LogP contribution in [-0.2, 0) is 14.3 Å². The van der Waals surface area contributed by atoms with Gasteiger partial charge in [-0.1, -0.05) is 23.8 Å². The van der Waals surface area contributed by atoms with Crippen LogP contribution in [0.2, 0.25) is 0 Å². The summed E-state index contributed by atoms with van der Waals surface area (Å²) in [6, 6.07) is 6.50. The van der Waals surface area contributed by atoms with E-state index in [1.165, 1.54) is 18.2 Å². The molecule has 0 aromatic heterocycles. The Hall–Kier alpha value is -1.13. The monoisotopic (exact) mass is 212 g/mol. The molecule has 1 rings (SSSR count). The summed E-state index contributed by atoms with van der Waals surface area (Å²) in [4.78, 5) is 0.171. The summed E-state index contributed by atoms with van der Waals surface area (Å²) < 4.78 is 27.5. The molecule has 0 saturated carbocycles. The first-order valence-corrected chi connectivity index (χ1v) is 5.54. The Morgan fingerprint density at radius 2 is 1.93 bits per heavy atom. The van der Waals surface area contributed by atoms with Crippen molar-refractivity contribution in [2.24, 2.45) is 0 Å². The molecule has 0 unspecified atom stereocenters. The van der Waals surface area contributed by atoms with Crippen molar-refractivity contribution in [1.82, 2.24) is 0 Å². The smallest absolute Gasteiger partial charge is 0.262 e. The Morgan fingerprint density at radius 1 is 1.36 bits per heavy atom. The molecule has 3 nitrogen and oxygen atoms in total. The van der Waals surface area contributed by atoms with E-state index in [4.69, 9.17) is 0 Å². The number of aryl methyl sites for hydroxylation is 1. The largest absolute Gasteiger partial charge is 0.297 e. The lowest BCUT2D eigenvalue weighted by Crippen LogP contribution is -2.06. The molecular weight excluding hydrogens is 200 g/mol. The van der Waals surface area contributed by atoms with Crippen LogP contribution in [0, 0.1) is 6.92 Å². The van der Waals surface area contributed by atoms with Crippen LogP contribution in [0.1, 0.15) is 5.56 Å². The Bertz CT molecular complexity index is 403. The first-order valence-electron chi connectivity index (χ1n) is 4.13. The fraction of sp³-hybridized carbons (Fsp3) is 0.200. The normalized spacial score (nSPS) is 11.2. The molecule has 0 aliphatic rings. The SMILES string of the molecule is C=CCOS(=O)(=O)c1ccc(C)cc1. The molecule has 0 spiro atoms. The van der Waals surface area contributed by atoms with E-state index in [-0.39, 0.29) is 11.5 Å². The molecule has 0 aliphatic carbocycles. The van der Waals surface area contributed by atoms with E-state index >= 15 is 0 Å². The van der Waals surface area contributed by atoms with Crippen molar-refractivity contribution in [1.29, 1.82) is 0 Å². The molecule has 0 bridgehead atoms. The Morgan fingerprint density at radius 3 is 2.43 bits per heavy atom. The first-order chi connectivity index (χ1) is 6.56. The van der Waals surface area contributed by atoms with Gasteiger partial charge in [0.2, 0.25) is 0 Å². The maximum absolute atomic E-state index is 11.4. The van der Waals surface area contributed by atoms with E-state index in [1.54, 1.807) is 12.1 Å². The average Bonchev–Trinajstić information content (AvgIpc) is 2.16. The Balaban J connectivity index is 2.93. The molecule has 0 atom stereocenters. The zero-order chi connectivity index (χ0) is 10.6. The Labute approximate surface area is 84.1 Å². The van der Waals surface area contributed by atoms with Gasteiger partial charge in [-0.05, 0) is 19.1 Å². The third kappa shape index (κ3) is 2.68. The molecule has 4 heteroatoms. The van der Waals surface area contributed by atoms with Crippen LogP contribution in [0.15, 0.2) is 41.8 Å². The lowest BCUT2D eigenvalue weighted by atomic mass is 10.2. The van der Waals surface area contributed by atoms with Crippen molar-refractivity contribution in [3.05, 3.63) is 42.5 Å². The maximum Gasteiger partial charge on any atom is 0.297 e. The highest BCUT2D eigenvalue weighted by atomic mass is 32.2. The van der Waals surface area contributed by atoms with E-state index in [1.807, 2.05) is 6.92 Å². The second-order valence-corrected chi connectivity index (χ2v) is 4.46. The third-order valence-electron chi connectivity index (χ3n) is 1.65. The molecule has 0 heterocycles. The lowest BCUT2D eigenvalue weighted by molar-refractivity contribution is 0.357. The van der Waals surface area contributed by atoms with Crippen LogP contribution in [0.25, 0.3) is 0 Å². The second-order valence-electron chi connectivity index (χ2n) is 2.84. The highest BCUT2D eigenvalue weighted by Gasteiger charge is 2.13. The van der Waals surface area contributed by atoms with E-state index in [2.05, 4.69) is 10.8 Å². The van der Waals surface area contributed by atoms with Gasteiger partial charge in [0, 0.05) is 0 Å². The molecular formula is C10H12O3S. The molecule has 76 valence electrons. The zero-order valence-corrected chi connectivity index (χ0v) is 8.75. The van der Waals surface area contributed by atoms with E-state index in [9.17, 15) is 8.42 Å². The molecule has 1 aromatic carbocycles. The van der Waals surface area contributed by atoms with Crippen molar-refractivity contribution in [2.75, 3.05) is 6.61 Å². The lowest BCUT2D eigenvalue weighted by Gasteiger charge is -2.03. The van der Waals surface area contributed by atoms with Gasteiger partial charge in [-0.15, -0.1) is 6.58 Å². The minimum atomic E-state index is -3.61. The molecule has 0 fully saturated rings. The molecule has 0 N–H and O–H groups in total. The predicted octanol–water partition coefficient (Wildman–Crippen LogP) is 1.89. The van der Waals surface area contributed by atoms with Gasteiger partial charge in [-0.3, -0.25) is 4.18 Å². The second kappa shape index (κ2) is 4.39. The Kier molecular flexibility index (Phi) is 3.43. The summed E-state index contributed by atoms with van der Waals surface area (Å²) in [7, 11) is -3.61. The number of benzene rings is 1. The van der Waals surface area contributed by atoms with Crippen LogP contribution < -0.4 is 0 Å². The van der Waals surface area contributed by atoms with Crippen LogP contribution >= 0.6 is 0 Å². The predicted molar refractivity (Wildman–Crippen MR) is 54.5 cm³/mol. The van der Waals surface area contributed by atoms with E-state index in [0.29, 0.717) is 0 Å². The zero-order valence-electron chi connectivity index (χ0n) is 7.93. The van der Waals surface area contributed by atoms with Gasteiger partial charge in [-0.2, -0.15) is 8.42 Å². The summed E-state index contributed by atoms with van der Waals surface area (Å²) in [6.07, 6.45) is 1.39. The highest BCUT2D eigenvalue weighted by Crippen LogP contribution is 2.12. The first kappa shape index (κ1) is 10.9. The molecule has 0 saturated heterocycles. The van der Waals surface area contributed by atoms with Crippen molar-refractivity contribution in [3.8, 4) is 0 Å². The van der Waals surface area contributed by atoms with Crippen molar-refractivity contribution in [3.63, 3.8) is 0 Å².